The molecule has 0 spiro atoms. The van der Waals surface area contributed by atoms with Gasteiger partial charge in [-0.05, 0) is 24.6 Å². The lowest BCUT2D eigenvalue weighted by atomic mass is 10.1. The Bertz CT molecular complexity index is 713. The van der Waals surface area contributed by atoms with Crippen molar-refractivity contribution in [2.24, 2.45) is 0 Å². The lowest BCUT2D eigenvalue weighted by Crippen LogP contribution is -2.12. The van der Waals surface area contributed by atoms with Crippen molar-refractivity contribution in [3.8, 4) is 11.8 Å². The molecule has 0 atom stereocenters. The molecule has 1 heterocycles. The smallest absolute Gasteiger partial charge is 0.356 e. The summed E-state index contributed by atoms with van der Waals surface area (Å²) < 4.78 is 11.7. The number of ether oxygens (including phenoxy) is 2. The normalized spacial score (nSPS) is 10.0. The van der Waals surface area contributed by atoms with Gasteiger partial charge in [0.25, 0.3) is 0 Å². The van der Waals surface area contributed by atoms with Crippen molar-refractivity contribution in [2.45, 2.75) is 13.5 Å². The van der Waals surface area contributed by atoms with Crippen LogP contribution in [0.1, 0.15) is 27.4 Å². The van der Waals surface area contributed by atoms with Crippen LogP contribution in [-0.4, -0.2) is 29.7 Å². The Hall–Kier alpha value is -2.81. The number of hydrogen-bond donors (Lipinski definition) is 0. The van der Waals surface area contributed by atoms with E-state index in [4.69, 9.17) is 14.7 Å². The number of imidazole rings is 1. The van der Waals surface area contributed by atoms with Gasteiger partial charge in [0, 0.05) is 6.54 Å². The van der Waals surface area contributed by atoms with E-state index in [0.29, 0.717) is 29.4 Å². The van der Waals surface area contributed by atoms with Gasteiger partial charge in [-0.25, -0.2) is 9.78 Å². The number of nitrogens with zero attached hydrogens (tertiary/aromatic N) is 3. The molecule has 6 nitrogen and oxygen atoms in total. The fourth-order valence-electron chi connectivity index (χ4n) is 2.04. The van der Waals surface area contributed by atoms with Crippen molar-refractivity contribution in [3.63, 3.8) is 0 Å². The first kappa shape index (κ1) is 14.6. The van der Waals surface area contributed by atoms with Crippen LogP contribution < -0.4 is 4.74 Å². The van der Waals surface area contributed by atoms with Crippen molar-refractivity contribution >= 4 is 5.97 Å². The topological polar surface area (TPSA) is 77.1 Å². The second kappa shape index (κ2) is 6.09. The number of carbonyl (C=O) groups is 1. The highest BCUT2D eigenvalue weighted by Crippen LogP contribution is 2.21. The monoisotopic (exact) mass is 285 g/mol. The van der Waals surface area contributed by atoms with Gasteiger partial charge in [-0.1, -0.05) is 6.07 Å². The molecule has 1 aromatic heterocycles. The molecule has 21 heavy (non-hydrogen) atoms. The molecule has 0 fully saturated rings. The molecule has 0 radical (unpaired) electrons. The van der Waals surface area contributed by atoms with Crippen LogP contribution >= 0.6 is 0 Å². The van der Waals surface area contributed by atoms with E-state index >= 15 is 0 Å². The molecule has 0 bridgehead atoms. The van der Waals surface area contributed by atoms with Crippen LogP contribution in [0.3, 0.4) is 0 Å². The second-order valence-electron chi connectivity index (χ2n) is 4.41. The fourth-order valence-corrected chi connectivity index (χ4v) is 2.04. The molecule has 0 N–H and O–H groups in total. The van der Waals surface area contributed by atoms with Crippen LogP contribution in [0.15, 0.2) is 24.4 Å². The highest BCUT2D eigenvalue weighted by Gasteiger charge is 2.15. The maximum absolute atomic E-state index is 11.7. The maximum atomic E-state index is 11.7. The quantitative estimate of drug-likeness (QED) is 0.802. The van der Waals surface area contributed by atoms with Crippen molar-refractivity contribution in [3.05, 3.63) is 47.0 Å². The number of nitriles is 1. The fraction of sp³-hybridized carbons (Fsp3) is 0.267. The zero-order valence-corrected chi connectivity index (χ0v) is 12.1. The van der Waals surface area contributed by atoms with Gasteiger partial charge in [0.15, 0.2) is 0 Å². The summed E-state index contributed by atoms with van der Waals surface area (Å²) in [5.41, 5.74) is 1.76. The van der Waals surface area contributed by atoms with Crippen molar-refractivity contribution in [1.82, 2.24) is 9.55 Å². The Morgan fingerprint density at radius 1 is 1.43 bits per heavy atom. The molecule has 0 saturated heterocycles. The Kier molecular flexibility index (Phi) is 4.24. The summed E-state index contributed by atoms with van der Waals surface area (Å²) in [4.78, 5) is 15.8. The summed E-state index contributed by atoms with van der Waals surface area (Å²) in [6.07, 6.45) is 1.49. The number of hydrogen-bond acceptors (Lipinski definition) is 5. The molecule has 0 amide bonds. The Labute approximate surface area is 122 Å². The molecule has 0 aliphatic rings. The Morgan fingerprint density at radius 3 is 2.81 bits per heavy atom. The molecule has 0 aliphatic heterocycles. The summed E-state index contributed by atoms with van der Waals surface area (Å²) in [6, 6.07) is 7.35. The second-order valence-corrected chi connectivity index (χ2v) is 4.41. The van der Waals surface area contributed by atoms with E-state index in [-0.39, 0.29) is 0 Å². The van der Waals surface area contributed by atoms with Gasteiger partial charge >= 0.3 is 5.97 Å². The zero-order chi connectivity index (χ0) is 15.4. The maximum Gasteiger partial charge on any atom is 0.356 e. The van der Waals surface area contributed by atoms with E-state index in [9.17, 15) is 4.79 Å². The van der Waals surface area contributed by atoms with E-state index in [0.717, 1.165) is 5.56 Å². The SMILES string of the molecule is COC(=O)c1cnc(C)n1Cc1ccc(C#N)c(OC)c1. The number of benzene rings is 1. The Balaban J connectivity index is 2.37. The third-order valence-electron chi connectivity index (χ3n) is 3.18. The lowest BCUT2D eigenvalue weighted by Gasteiger charge is -2.11. The molecule has 0 saturated carbocycles. The van der Waals surface area contributed by atoms with Crippen LogP contribution in [0.2, 0.25) is 0 Å². The largest absolute Gasteiger partial charge is 0.495 e. The zero-order valence-electron chi connectivity index (χ0n) is 12.1. The third-order valence-corrected chi connectivity index (χ3v) is 3.18. The molecule has 2 aromatic rings. The summed E-state index contributed by atoms with van der Waals surface area (Å²) >= 11 is 0. The number of esters is 1. The van der Waals surface area contributed by atoms with Crippen molar-refractivity contribution in [2.75, 3.05) is 14.2 Å². The first-order valence-electron chi connectivity index (χ1n) is 6.28. The molecule has 2 rings (SSSR count). The summed E-state index contributed by atoms with van der Waals surface area (Å²) in [7, 11) is 2.85. The standard InChI is InChI=1S/C15H15N3O3/c1-10-17-8-13(15(19)21-3)18(10)9-11-4-5-12(7-16)14(6-11)20-2/h4-6,8H,9H2,1-3H3. The predicted molar refractivity (Wildman–Crippen MR) is 75.1 cm³/mol. The van der Waals surface area contributed by atoms with E-state index < -0.39 is 5.97 Å². The average Bonchev–Trinajstić information content (AvgIpc) is 2.87. The van der Waals surface area contributed by atoms with Gasteiger partial charge in [0.2, 0.25) is 0 Å². The van der Waals surface area contributed by atoms with Gasteiger partial charge < -0.3 is 14.0 Å². The summed E-state index contributed by atoms with van der Waals surface area (Å²) in [6.45, 7) is 2.26. The summed E-state index contributed by atoms with van der Waals surface area (Å²) in [5, 5.41) is 8.98. The van der Waals surface area contributed by atoms with Crippen LogP contribution in [0, 0.1) is 18.3 Å². The first-order chi connectivity index (χ1) is 10.1. The van der Waals surface area contributed by atoms with E-state index in [1.807, 2.05) is 13.0 Å². The molecule has 108 valence electrons. The molecular weight excluding hydrogens is 270 g/mol. The van der Waals surface area contributed by atoms with Crippen LogP contribution in [0.4, 0.5) is 0 Å². The van der Waals surface area contributed by atoms with Crippen LogP contribution in [0.5, 0.6) is 5.75 Å². The minimum Gasteiger partial charge on any atom is -0.495 e. The molecule has 0 unspecified atom stereocenters. The third kappa shape index (κ3) is 2.87. The Morgan fingerprint density at radius 2 is 2.19 bits per heavy atom. The number of methoxy groups -OCH3 is 2. The number of aryl methyl sites for hydroxylation is 1. The van der Waals surface area contributed by atoms with E-state index in [1.54, 1.807) is 16.7 Å². The number of aromatic nitrogens is 2. The number of rotatable bonds is 4. The van der Waals surface area contributed by atoms with Crippen LogP contribution in [-0.2, 0) is 11.3 Å². The molecule has 0 aliphatic carbocycles. The van der Waals surface area contributed by atoms with E-state index in [2.05, 4.69) is 11.1 Å². The summed E-state index contributed by atoms with van der Waals surface area (Å²) in [5.74, 6) is 0.780. The number of carbonyl (C=O) groups excluding carboxylic acids is 1. The van der Waals surface area contributed by atoms with Crippen molar-refractivity contribution in [1.29, 1.82) is 5.26 Å². The van der Waals surface area contributed by atoms with Gasteiger partial charge in [0.05, 0.1) is 26.0 Å². The average molecular weight is 285 g/mol. The van der Waals surface area contributed by atoms with Gasteiger partial charge in [-0.2, -0.15) is 5.26 Å². The first-order valence-corrected chi connectivity index (χ1v) is 6.28. The highest BCUT2D eigenvalue weighted by atomic mass is 16.5. The van der Waals surface area contributed by atoms with Crippen molar-refractivity contribution < 1.29 is 14.3 Å². The highest BCUT2D eigenvalue weighted by molar-refractivity contribution is 5.87. The molecule has 6 heteroatoms. The molecular formula is C15H15N3O3. The van der Waals surface area contributed by atoms with Gasteiger partial charge in [-0.15, -0.1) is 0 Å². The minimum absolute atomic E-state index is 0.387. The van der Waals surface area contributed by atoms with Gasteiger partial charge in [0.1, 0.15) is 23.3 Å². The molecule has 1 aromatic carbocycles. The predicted octanol–water partition coefficient (Wildman–Crippen LogP) is 1.91. The minimum atomic E-state index is -0.434. The van der Waals surface area contributed by atoms with Crippen LogP contribution in [0.25, 0.3) is 0 Å². The van der Waals surface area contributed by atoms with E-state index in [1.165, 1.54) is 20.4 Å². The lowest BCUT2D eigenvalue weighted by molar-refractivity contribution is 0.0588. The van der Waals surface area contributed by atoms with Gasteiger partial charge in [-0.3, -0.25) is 0 Å².